The fraction of sp³-hybridized carbons (Fsp3) is 0. The number of nitrogens with zero attached hydrogens (tertiary/aromatic N) is 2. The van der Waals surface area contributed by atoms with Crippen molar-refractivity contribution < 1.29 is 0 Å². The molecular formula is C80H52N2S2. The van der Waals surface area contributed by atoms with Crippen LogP contribution in [0.4, 0.5) is 34.1 Å². The molecule has 2 aromatic heterocycles. The maximum absolute atomic E-state index is 2.46. The van der Waals surface area contributed by atoms with Crippen LogP contribution in [0.15, 0.2) is 315 Å². The Hall–Kier alpha value is -10.4. The van der Waals surface area contributed by atoms with E-state index in [9.17, 15) is 0 Å². The monoisotopic (exact) mass is 1100 g/mol. The molecule has 2 nitrogen and oxygen atoms in total. The van der Waals surface area contributed by atoms with Crippen molar-refractivity contribution in [2.75, 3.05) is 9.80 Å². The standard InChI is InChI=1S/C80H52N2S2/c1-5-22-53(23-6-1)57-28-21-33-63(45-57)81(61-29-9-3-10-30-61)65-49-73(79-75(51-65)69-36-17-19-38-77(69)83-79)56-42-40-55(41-43-56)71-47-60(44-58-26-13-15-34-67(58)71)74-50-66(52-76-70-37-18-20-39-78(70)84-80(74)76)82(62-31-11-4-12-32-62)64-46-59-27-14-16-35-68(59)72(48-64)54-24-7-2-8-25-54/h1-52H. The van der Waals surface area contributed by atoms with E-state index in [1.807, 2.05) is 22.7 Å². The minimum Gasteiger partial charge on any atom is -0.310 e. The summed E-state index contributed by atoms with van der Waals surface area (Å²) in [6.07, 6.45) is 0. The number of benzene rings is 14. The van der Waals surface area contributed by atoms with E-state index in [1.54, 1.807) is 0 Å². The van der Waals surface area contributed by atoms with Gasteiger partial charge in [0.05, 0.1) is 0 Å². The van der Waals surface area contributed by atoms with Crippen LogP contribution in [0.25, 0.3) is 118 Å². The fourth-order valence-electron chi connectivity index (χ4n) is 12.6. The van der Waals surface area contributed by atoms with E-state index in [0.29, 0.717) is 0 Å². The Labute approximate surface area is 496 Å². The lowest BCUT2D eigenvalue weighted by atomic mass is 9.91. The predicted octanol–water partition coefficient (Wildman–Crippen LogP) is 24.0. The number of para-hydroxylation sites is 2. The van der Waals surface area contributed by atoms with Crippen LogP contribution < -0.4 is 9.80 Å². The Kier molecular flexibility index (Phi) is 12.3. The zero-order valence-electron chi connectivity index (χ0n) is 45.7. The maximum Gasteiger partial charge on any atom is 0.0475 e. The number of hydrogen-bond donors (Lipinski definition) is 0. The largest absolute Gasteiger partial charge is 0.310 e. The first-order valence-corrected chi connectivity index (χ1v) is 30.3. The third-order valence-electron chi connectivity index (χ3n) is 16.6. The van der Waals surface area contributed by atoms with Crippen molar-refractivity contribution in [1.29, 1.82) is 0 Å². The molecule has 0 saturated carbocycles. The number of rotatable bonds is 11. The van der Waals surface area contributed by atoms with Crippen molar-refractivity contribution in [2.24, 2.45) is 0 Å². The number of hydrogen-bond acceptors (Lipinski definition) is 4. The van der Waals surface area contributed by atoms with Crippen LogP contribution in [0, 0.1) is 0 Å². The smallest absolute Gasteiger partial charge is 0.0475 e. The SMILES string of the molecule is c1ccc(-c2cccc(N(c3ccccc3)c3cc(-c4ccc(-c5cc(-c6cc(N(c7ccccc7)c7cc(-c8ccccc8)c8ccccc8c7)cc7c6sc6ccccc67)cc6ccccc56)cc4)c4sc5ccccc5c4c3)c2)cc1. The summed E-state index contributed by atoms with van der Waals surface area (Å²) in [6, 6.07) is 116. The average molecular weight is 1110 g/mol. The Balaban J connectivity index is 0.864. The lowest BCUT2D eigenvalue weighted by molar-refractivity contribution is 1.29. The van der Waals surface area contributed by atoms with Crippen molar-refractivity contribution in [3.63, 3.8) is 0 Å². The highest BCUT2D eigenvalue weighted by molar-refractivity contribution is 7.26. The van der Waals surface area contributed by atoms with Gasteiger partial charge in [0.25, 0.3) is 0 Å². The van der Waals surface area contributed by atoms with Crippen LogP contribution in [0.2, 0.25) is 0 Å². The van der Waals surface area contributed by atoms with Crippen molar-refractivity contribution in [2.45, 2.75) is 0 Å². The molecule has 0 N–H and O–H groups in total. The van der Waals surface area contributed by atoms with E-state index in [4.69, 9.17) is 0 Å². The van der Waals surface area contributed by atoms with E-state index >= 15 is 0 Å². The van der Waals surface area contributed by atoms with Gasteiger partial charge in [-0.3, -0.25) is 0 Å². The molecule has 0 amide bonds. The zero-order chi connectivity index (χ0) is 55.5. The van der Waals surface area contributed by atoms with E-state index in [0.717, 1.165) is 34.1 Å². The summed E-state index contributed by atoms with van der Waals surface area (Å²) in [7, 11) is 0. The molecule has 0 atom stereocenters. The van der Waals surface area contributed by atoms with E-state index in [2.05, 4.69) is 325 Å². The molecule has 0 fully saturated rings. The first kappa shape index (κ1) is 49.5. The van der Waals surface area contributed by atoms with Crippen molar-refractivity contribution in [1.82, 2.24) is 0 Å². The molecule has 2 heterocycles. The molecule has 16 aromatic rings. The molecule has 0 aliphatic carbocycles. The van der Waals surface area contributed by atoms with Crippen LogP contribution in [-0.4, -0.2) is 0 Å². The van der Waals surface area contributed by atoms with Gasteiger partial charge in [-0.1, -0.05) is 218 Å². The highest BCUT2D eigenvalue weighted by atomic mass is 32.1. The van der Waals surface area contributed by atoms with Gasteiger partial charge in [0.15, 0.2) is 0 Å². The number of thiophene rings is 2. The molecule has 0 radical (unpaired) electrons. The maximum atomic E-state index is 2.46. The second-order valence-electron chi connectivity index (χ2n) is 21.6. The van der Waals surface area contributed by atoms with E-state index in [1.165, 1.54) is 118 Å². The molecule has 0 unspecified atom stereocenters. The molecule has 0 spiro atoms. The lowest BCUT2D eigenvalue weighted by Crippen LogP contribution is -2.10. The Bertz CT molecular complexity index is 5130. The number of anilines is 6. The average Bonchev–Trinajstić information content (AvgIpc) is 3.16. The van der Waals surface area contributed by atoms with Crippen LogP contribution in [0.5, 0.6) is 0 Å². The molecule has 4 heteroatoms. The van der Waals surface area contributed by atoms with Gasteiger partial charge in [-0.2, -0.15) is 0 Å². The second-order valence-corrected chi connectivity index (χ2v) is 23.7. The first-order valence-electron chi connectivity index (χ1n) is 28.6. The summed E-state index contributed by atoms with van der Waals surface area (Å²) in [4.78, 5) is 4.87. The van der Waals surface area contributed by atoms with E-state index < -0.39 is 0 Å². The molecule has 0 aliphatic rings. The molecular weight excluding hydrogens is 1050 g/mol. The summed E-state index contributed by atoms with van der Waals surface area (Å²) >= 11 is 3.76. The Morgan fingerprint density at radius 3 is 1.14 bits per heavy atom. The predicted molar refractivity (Wildman–Crippen MR) is 364 cm³/mol. The van der Waals surface area contributed by atoms with Gasteiger partial charge in [-0.05, 0) is 163 Å². The van der Waals surface area contributed by atoms with Crippen molar-refractivity contribution in [3.8, 4) is 55.6 Å². The molecule has 394 valence electrons. The van der Waals surface area contributed by atoms with Gasteiger partial charge in [-0.15, -0.1) is 22.7 Å². The van der Waals surface area contributed by atoms with Crippen LogP contribution in [0.1, 0.15) is 0 Å². The van der Waals surface area contributed by atoms with Crippen LogP contribution >= 0.6 is 22.7 Å². The molecule has 0 saturated heterocycles. The third kappa shape index (κ3) is 8.79. The third-order valence-corrected chi connectivity index (χ3v) is 19.0. The summed E-state index contributed by atoms with van der Waals surface area (Å²) in [6.45, 7) is 0. The van der Waals surface area contributed by atoms with Gasteiger partial charge < -0.3 is 9.80 Å². The molecule has 16 rings (SSSR count). The quantitative estimate of drug-likeness (QED) is 0.127. The minimum absolute atomic E-state index is 1.10. The van der Waals surface area contributed by atoms with Crippen molar-refractivity contribution >= 4 is 119 Å². The van der Waals surface area contributed by atoms with Crippen molar-refractivity contribution in [3.05, 3.63) is 315 Å². The first-order chi connectivity index (χ1) is 41.6. The van der Waals surface area contributed by atoms with Crippen LogP contribution in [-0.2, 0) is 0 Å². The topological polar surface area (TPSA) is 6.48 Å². The van der Waals surface area contributed by atoms with Gasteiger partial charge >= 0.3 is 0 Å². The highest BCUT2D eigenvalue weighted by Gasteiger charge is 2.23. The normalized spacial score (nSPS) is 11.6. The number of fused-ring (bicyclic) bond motifs is 8. The molecule has 0 bridgehead atoms. The summed E-state index contributed by atoms with van der Waals surface area (Å²) < 4.78 is 5.11. The van der Waals surface area contributed by atoms with Gasteiger partial charge in [0, 0.05) is 85.6 Å². The van der Waals surface area contributed by atoms with Crippen LogP contribution in [0.3, 0.4) is 0 Å². The molecule has 0 aliphatic heterocycles. The summed E-state index contributed by atoms with van der Waals surface area (Å²) in [5, 5.41) is 9.88. The summed E-state index contributed by atoms with van der Waals surface area (Å²) in [5.41, 5.74) is 18.5. The van der Waals surface area contributed by atoms with Gasteiger partial charge in [0.1, 0.15) is 0 Å². The second kappa shape index (κ2) is 20.9. The Morgan fingerprint density at radius 1 is 0.190 bits per heavy atom. The molecule has 14 aromatic carbocycles. The van der Waals surface area contributed by atoms with Gasteiger partial charge in [-0.25, -0.2) is 0 Å². The minimum atomic E-state index is 1.10. The fourth-order valence-corrected chi connectivity index (χ4v) is 15.1. The van der Waals surface area contributed by atoms with Gasteiger partial charge in [0.2, 0.25) is 0 Å². The van der Waals surface area contributed by atoms with E-state index in [-0.39, 0.29) is 0 Å². The Morgan fingerprint density at radius 2 is 0.571 bits per heavy atom. The lowest BCUT2D eigenvalue weighted by Gasteiger charge is -2.28. The molecule has 84 heavy (non-hydrogen) atoms. The summed E-state index contributed by atoms with van der Waals surface area (Å²) in [5.74, 6) is 0. The highest BCUT2D eigenvalue weighted by Crippen LogP contribution is 2.50. The zero-order valence-corrected chi connectivity index (χ0v) is 47.4.